The first-order valence-corrected chi connectivity index (χ1v) is 14.1. The molecular formula is C25H31N3O4S2. The summed E-state index contributed by atoms with van der Waals surface area (Å²) in [4.78, 5) is 4.42. The Balaban J connectivity index is 2.00. The monoisotopic (exact) mass is 501 g/mol. The van der Waals surface area contributed by atoms with Crippen LogP contribution >= 0.6 is 0 Å². The fourth-order valence-electron chi connectivity index (χ4n) is 3.73. The number of hydrogen-bond donors (Lipinski definition) is 0. The van der Waals surface area contributed by atoms with Crippen LogP contribution in [0.5, 0.6) is 0 Å². The minimum Gasteiger partial charge on any atom is -0.317 e. The number of rotatable bonds is 11. The number of imidazole rings is 1. The van der Waals surface area contributed by atoms with Crippen LogP contribution in [0.4, 0.5) is 0 Å². The lowest BCUT2D eigenvalue weighted by atomic mass is 10.2. The van der Waals surface area contributed by atoms with Gasteiger partial charge in [0.05, 0.1) is 29.1 Å². The first-order chi connectivity index (χ1) is 16.0. The summed E-state index contributed by atoms with van der Waals surface area (Å²) in [6, 6.07) is 15.5. The van der Waals surface area contributed by atoms with E-state index in [0.717, 1.165) is 5.56 Å². The van der Waals surface area contributed by atoms with Gasteiger partial charge < -0.3 is 4.57 Å². The Morgan fingerprint density at radius 2 is 1.76 bits per heavy atom. The lowest BCUT2D eigenvalue weighted by Gasteiger charge is -2.22. The molecule has 182 valence electrons. The van der Waals surface area contributed by atoms with Crippen molar-refractivity contribution in [3.05, 3.63) is 90.3 Å². The molecule has 34 heavy (non-hydrogen) atoms. The van der Waals surface area contributed by atoms with Gasteiger partial charge in [-0.3, -0.25) is 0 Å². The molecular weight excluding hydrogens is 470 g/mol. The van der Waals surface area contributed by atoms with Crippen molar-refractivity contribution in [2.75, 3.05) is 6.54 Å². The number of nitrogens with zero attached hydrogens (tertiary/aromatic N) is 3. The average molecular weight is 502 g/mol. The summed E-state index contributed by atoms with van der Waals surface area (Å²) in [7, 11) is -7.57. The fourth-order valence-corrected chi connectivity index (χ4v) is 6.62. The molecule has 9 heteroatoms. The van der Waals surface area contributed by atoms with Crippen molar-refractivity contribution < 1.29 is 16.8 Å². The van der Waals surface area contributed by atoms with E-state index >= 15 is 0 Å². The third-order valence-corrected chi connectivity index (χ3v) is 8.64. The van der Waals surface area contributed by atoms with Gasteiger partial charge in [-0.2, -0.15) is 4.31 Å². The Hall–Kier alpha value is -2.75. The van der Waals surface area contributed by atoms with E-state index in [0.29, 0.717) is 17.8 Å². The number of hydrogen-bond acceptors (Lipinski definition) is 5. The normalized spacial score (nSPS) is 12.4. The Bertz CT molecular complexity index is 1350. The summed E-state index contributed by atoms with van der Waals surface area (Å²) >= 11 is 0. The van der Waals surface area contributed by atoms with Crippen LogP contribution < -0.4 is 0 Å². The first-order valence-electron chi connectivity index (χ1n) is 11.0. The molecule has 0 atom stereocenters. The fraction of sp³-hybridized carbons (Fsp3) is 0.320. The van der Waals surface area contributed by atoms with Gasteiger partial charge in [0.25, 0.3) is 0 Å². The molecule has 0 unspecified atom stereocenters. The summed E-state index contributed by atoms with van der Waals surface area (Å²) < 4.78 is 56.1. The SMILES string of the molecule is C=CCN(Cc1cnc(S(=O)(=O)Cc2cccc(C)c2)n1CC(C)C)S(=O)(=O)c1ccccc1. The molecule has 0 aliphatic heterocycles. The van der Waals surface area contributed by atoms with Gasteiger partial charge >= 0.3 is 0 Å². The highest BCUT2D eigenvalue weighted by atomic mass is 32.2. The summed E-state index contributed by atoms with van der Waals surface area (Å²) in [5, 5.41) is -0.0478. The Morgan fingerprint density at radius 1 is 1.06 bits per heavy atom. The first kappa shape index (κ1) is 25.9. The van der Waals surface area contributed by atoms with Crippen LogP contribution in [-0.4, -0.2) is 37.2 Å². The minimum absolute atomic E-state index is 0.0249. The minimum atomic E-state index is -3.81. The van der Waals surface area contributed by atoms with E-state index in [4.69, 9.17) is 0 Å². The summed E-state index contributed by atoms with van der Waals surface area (Å²) in [6.45, 7) is 10.0. The van der Waals surface area contributed by atoms with Crippen molar-refractivity contribution in [3.8, 4) is 0 Å². The van der Waals surface area contributed by atoms with Crippen molar-refractivity contribution in [1.29, 1.82) is 0 Å². The van der Waals surface area contributed by atoms with E-state index in [9.17, 15) is 16.8 Å². The van der Waals surface area contributed by atoms with Gasteiger partial charge in [0.1, 0.15) is 0 Å². The standard InChI is InChI=1S/C25H31N3O4S2/c1-5-14-27(34(31,32)24-12-7-6-8-13-24)18-23-16-26-25(28(23)17-20(2)3)33(29,30)19-22-11-9-10-21(4)15-22/h5-13,15-16,20H,1,14,17-19H2,2-4H3. The van der Waals surface area contributed by atoms with E-state index < -0.39 is 19.9 Å². The molecule has 7 nitrogen and oxygen atoms in total. The third-order valence-electron chi connectivity index (χ3n) is 5.22. The summed E-state index contributed by atoms with van der Waals surface area (Å²) in [6.07, 6.45) is 2.97. The predicted octanol–water partition coefficient (Wildman–Crippen LogP) is 4.20. The third kappa shape index (κ3) is 6.02. The van der Waals surface area contributed by atoms with Crippen LogP contribution in [0.25, 0.3) is 0 Å². The van der Waals surface area contributed by atoms with Crippen LogP contribution in [0, 0.1) is 12.8 Å². The van der Waals surface area contributed by atoms with Gasteiger partial charge in [-0.05, 0) is 30.5 Å². The maximum Gasteiger partial charge on any atom is 0.243 e. The highest BCUT2D eigenvalue weighted by Gasteiger charge is 2.28. The molecule has 0 bridgehead atoms. The van der Waals surface area contributed by atoms with Gasteiger partial charge in [-0.1, -0.05) is 68.0 Å². The number of benzene rings is 2. The Kier molecular flexibility index (Phi) is 8.12. The van der Waals surface area contributed by atoms with E-state index in [-0.39, 0.29) is 34.8 Å². The molecule has 3 aromatic rings. The second-order valence-electron chi connectivity index (χ2n) is 8.68. The highest BCUT2D eigenvalue weighted by Crippen LogP contribution is 2.23. The highest BCUT2D eigenvalue weighted by molar-refractivity contribution is 7.90. The topological polar surface area (TPSA) is 89.3 Å². The molecule has 0 amide bonds. The number of aromatic nitrogens is 2. The smallest absolute Gasteiger partial charge is 0.243 e. The molecule has 0 radical (unpaired) electrons. The van der Waals surface area contributed by atoms with Crippen molar-refractivity contribution in [2.24, 2.45) is 5.92 Å². The molecule has 1 aromatic heterocycles. The summed E-state index contributed by atoms with van der Waals surface area (Å²) in [5.74, 6) is -0.0542. The molecule has 2 aromatic carbocycles. The quantitative estimate of drug-likeness (QED) is 0.368. The lowest BCUT2D eigenvalue weighted by molar-refractivity contribution is 0.406. The predicted molar refractivity (Wildman–Crippen MR) is 133 cm³/mol. The lowest BCUT2D eigenvalue weighted by Crippen LogP contribution is -2.32. The zero-order chi connectivity index (χ0) is 24.9. The molecule has 0 saturated carbocycles. The number of sulfonamides is 1. The number of sulfone groups is 1. The molecule has 0 spiro atoms. The molecule has 0 aliphatic rings. The number of aryl methyl sites for hydroxylation is 1. The van der Waals surface area contributed by atoms with Crippen molar-refractivity contribution in [1.82, 2.24) is 13.9 Å². The van der Waals surface area contributed by atoms with Crippen molar-refractivity contribution in [2.45, 2.75) is 49.7 Å². The van der Waals surface area contributed by atoms with Gasteiger partial charge in [-0.15, -0.1) is 6.58 Å². The molecule has 3 rings (SSSR count). The van der Waals surface area contributed by atoms with E-state index in [1.54, 1.807) is 28.8 Å². The van der Waals surface area contributed by atoms with Crippen molar-refractivity contribution >= 4 is 19.9 Å². The van der Waals surface area contributed by atoms with Gasteiger partial charge in [-0.25, -0.2) is 21.8 Å². The maximum absolute atomic E-state index is 13.3. The Morgan fingerprint density at radius 3 is 2.38 bits per heavy atom. The van der Waals surface area contributed by atoms with Crippen LogP contribution in [0.2, 0.25) is 0 Å². The molecule has 0 saturated heterocycles. The average Bonchev–Trinajstić information content (AvgIpc) is 3.16. The maximum atomic E-state index is 13.3. The van der Waals surface area contributed by atoms with E-state index in [1.807, 2.05) is 39.0 Å². The van der Waals surface area contributed by atoms with Crippen LogP contribution in [-0.2, 0) is 38.7 Å². The molecule has 1 heterocycles. The second-order valence-corrected chi connectivity index (χ2v) is 12.5. The zero-order valence-electron chi connectivity index (χ0n) is 19.8. The van der Waals surface area contributed by atoms with Crippen LogP contribution in [0.1, 0.15) is 30.7 Å². The molecule has 0 fully saturated rings. The van der Waals surface area contributed by atoms with Gasteiger partial charge in [0.15, 0.2) is 0 Å². The molecule has 0 N–H and O–H groups in total. The van der Waals surface area contributed by atoms with Crippen molar-refractivity contribution in [3.63, 3.8) is 0 Å². The van der Waals surface area contributed by atoms with Crippen LogP contribution in [0.3, 0.4) is 0 Å². The zero-order valence-corrected chi connectivity index (χ0v) is 21.4. The van der Waals surface area contributed by atoms with Gasteiger partial charge in [0.2, 0.25) is 25.0 Å². The second kappa shape index (κ2) is 10.7. The largest absolute Gasteiger partial charge is 0.317 e. The van der Waals surface area contributed by atoms with E-state index in [1.165, 1.54) is 28.7 Å². The Labute approximate surface area is 202 Å². The van der Waals surface area contributed by atoms with Gasteiger partial charge in [0, 0.05) is 13.1 Å². The van der Waals surface area contributed by atoms with E-state index in [2.05, 4.69) is 11.6 Å². The van der Waals surface area contributed by atoms with Crippen LogP contribution in [0.15, 0.2) is 83.5 Å². The summed E-state index contributed by atoms with van der Waals surface area (Å²) in [5.41, 5.74) is 2.17. The molecule has 0 aliphatic carbocycles.